The molecule has 1 fully saturated rings. The molecule has 0 aliphatic carbocycles. The molecule has 0 saturated carbocycles. The van der Waals surface area contributed by atoms with Gasteiger partial charge in [0.1, 0.15) is 0 Å². The Morgan fingerprint density at radius 3 is 2.67 bits per heavy atom. The fourth-order valence-corrected chi connectivity index (χ4v) is 3.07. The first kappa shape index (κ1) is 22.9. The highest BCUT2D eigenvalue weighted by molar-refractivity contribution is 5.85. The molecule has 1 aromatic carbocycles. The molecule has 2 atom stereocenters. The predicted molar refractivity (Wildman–Crippen MR) is 103 cm³/mol. The number of benzene rings is 1. The van der Waals surface area contributed by atoms with Crippen LogP contribution in [0.15, 0.2) is 24.3 Å². The second-order valence-electron chi connectivity index (χ2n) is 6.68. The molecule has 0 radical (unpaired) electrons. The molecule has 150 valence electrons. The minimum absolute atomic E-state index is 0. The summed E-state index contributed by atoms with van der Waals surface area (Å²) in [4.78, 5) is 35.3. The van der Waals surface area contributed by atoms with E-state index in [-0.39, 0.29) is 49.0 Å². The molecule has 0 bridgehead atoms. The number of esters is 1. The van der Waals surface area contributed by atoms with Crippen LogP contribution in [0.4, 0.5) is 5.69 Å². The Morgan fingerprint density at radius 2 is 2.07 bits per heavy atom. The molecule has 1 heterocycles. The van der Waals surface area contributed by atoms with Gasteiger partial charge in [-0.1, -0.05) is 18.2 Å². The van der Waals surface area contributed by atoms with E-state index in [2.05, 4.69) is 10.6 Å². The first-order valence-electron chi connectivity index (χ1n) is 8.82. The first-order chi connectivity index (χ1) is 12.4. The van der Waals surface area contributed by atoms with Gasteiger partial charge < -0.3 is 15.4 Å². The van der Waals surface area contributed by atoms with Crippen LogP contribution in [0.2, 0.25) is 0 Å². The van der Waals surface area contributed by atoms with E-state index in [9.17, 15) is 19.7 Å². The fraction of sp³-hybridized carbons (Fsp3) is 0.556. The van der Waals surface area contributed by atoms with Crippen LogP contribution in [0.1, 0.15) is 51.1 Å². The average Bonchev–Trinajstić information content (AvgIpc) is 3.06. The largest absolute Gasteiger partial charge is 0.463 e. The van der Waals surface area contributed by atoms with Crippen molar-refractivity contribution < 1.29 is 19.2 Å². The Morgan fingerprint density at radius 1 is 1.37 bits per heavy atom. The number of ether oxygens (including phenoxy) is 1. The van der Waals surface area contributed by atoms with Gasteiger partial charge in [0, 0.05) is 18.5 Å². The minimum Gasteiger partial charge on any atom is -0.463 e. The van der Waals surface area contributed by atoms with E-state index in [0.717, 1.165) is 19.4 Å². The fourth-order valence-electron chi connectivity index (χ4n) is 3.07. The maximum Gasteiger partial charge on any atom is 0.308 e. The van der Waals surface area contributed by atoms with Crippen LogP contribution in [0.5, 0.6) is 0 Å². The van der Waals surface area contributed by atoms with E-state index in [1.807, 2.05) is 0 Å². The molecule has 1 aromatic rings. The van der Waals surface area contributed by atoms with Gasteiger partial charge in [0.2, 0.25) is 5.91 Å². The van der Waals surface area contributed by atoms with Crippen LogP contribution in [-0.2, 0) is 14.3 Å². The van der Waals surface area contributed by atoms with E-state index >= 15 is 0 Å². The molecular formula is C18H26ClN3O5. The summed E-state index contributed by atoms with van der Waals surface area (Å²) in [5.74, 6) is -0.757. The van der Waals surface area contributed by atoms with Crippen molar-refractivity contribution >= 4 is 30.0 Å². The monoisotopic (exact) mass is 399 g/mol. The Hall–Kier alpha value is -2.19. The summed E-state index contributed by atoms with van der Waals surface area (Å²) in [5, 5.41) is 17.3. The SMILES string of the molecule is CC(C)OC(=O)CC(NC(=O)CC1CCCN1)c1ccccc1[N+](=O)[O-].Cl. The Kier molecular flexibility index (Phi) is 9.17. The van der Waals surface area contributed by atoms with Gasteiger partial charge in [0.15, 0.2) is 0 Å². The molecule has 8 nitrogen and oxygen atoms in total. The molecule has 9 heteroatoms. The van der Waals surface area contributed by atoms with Crippen molar-refractivity contribution in [1.82, 2.24) is 10.6 Å². The molecule has 2 N–H and O–H groups in total. The third-order valence-corrected chi connectivity index (χ3v) is 4.18. The lowest BCUT2D eigenvalue weighted by Crippen LogP contribution is -2.35. The number of carbonyl (C=O) groups is 2. The van der Waals surface area contributed by atoms with E-state index in [1.165, 1.54) is 6.07 Å². The van der Waals surface area contributed by atoms with Gasteiger partial charge in [-0.25, -0.2) is 0 Å². The standard InChI is InChI=1S/C18H25N3O5.ClH/c1-12(2)26-18(23)11-15(14-7-3-4-8-16(14)21(24)25)20-17(22)10-13-6-5-9-19-13;/h3-4,7-8,12-13,15,19H,5-6,9-11H2,1-2H3,(H,20,22);1H. The highest BCUT2D eigenvalue weighted by Crippen LogP contribution is 2.28. The van der Waals surface area contributed by atoms with Gasteiger partial charge in [0.05, 0.1) is 29.1 Å². The van der Waals surface area contributed by atoms with Crippen molar-refractivity contribution in [2.75, 3.05) is 6.54 Å². The molecule has 2 unspecified atom stereocenters. The number of nitro groups is 1. The Bertz CT molecular complexity index is 662. The highest BCUT2D eigenvalue weighted by atomic mass is 35.5. The summed E-state index contributed by atoms with van der Waals surface area (Å²) < 4.78 is 5.15. The van der Waals surface area contributed by atoms with Crippen molar-refractivity contribution in [3.8, 4) is 0 Å². The molecular weight excluding hydrogens is 374 g/mol. The molecule has 0 spiro atoms. The van der Waals surface area contributed by atoms with E-state index in [4.69, 9.17) is 4.74 Å². The maximum atomic E-state index is 12.4. The maximum absolute atomic E-state index is 12.4. The van der Waals surface area contributed by atoms with E-state index in [0.29, 0.717) is 5.56 Å². The highest BCUT2D eigenvalue weighted by Gasteiger charge is 2.27. The van der Waals surface area contributed by atoms with Crippen LogP contribution in [0, 0.1) is 10.1 Å². The third kappa shape index (κ3) is 7.15. The number of hydrogen-bond donors (Lipinski definition) is 2. The zero-order valence-electron chi connectivity index (χ0n) is 15.5. The number of amides is 1. The Balaban J connectivity index is 0.00000364. The number of nitrogens with zero attached hydrogens (tertiary/aromatic N) is 1. The lowest BCUT2D eigenvalue weighted by molar-refractivity contribution is -0.385. The summed E-state index contributed by atoms with van der Waals surface area (Å²) >= 11 is 0. The van der Waals surface area contributed by atoms with Crippen LogP contribution >= 0.6 is 12.4 Å². The van der Waals surface area contributed by atoms with Crippen molar-refractivity contribution in [2.45, 2.75) is 57.7 Å². The zero-order valence-corrected chi connectivity index (χ0v) is 16.3. The van der Waals surface area contributed by atoms with Gasteiger partial charge in [-0.3, -0.25) is 19.7 Å². The van der Waals surface area contributed by atoms with Gasteiger partial charge in [0.25, 0.3) is 5.69 Å². The van der Waals surface area contributed by atoms with Crippen LogP contribution in [0.25, 0.3) is 0 Å². The summed E-state index contributed by atoms with van der Waals surface area (Å²) in [6, 6.07) is 5.41. The summed E-state index contributed by atoms with van der Waals surface area (Å²) in [6.45, 7) is 4.33. The molecule has 1 saturated heterocycles. The number of para-hydroxylation sites is 1. The smallest absolute Gasteiger partial charge is 0.308 e. The predicted octanol–water partition coefficient (Wildman–Crippen LogP) is 2.66. The number of rotatable bonds is 8. The van der Waals surface area contributed by atoms with Crippen LogP contribution in [-0.4, -0.2) is 35.5 Å². The molecule has 1 aliphatic rings. The zero-order chi connectivity index (χ0) is 19.1. The average molecular weight is 400 g/mol. The summed E-state index contributed by atoms with van der Waals surface area (Å²) in [5.41, 5.74) is 0.167. The van der Waals surface area contributed by atoms with Crippen molar-refractivity contribution in [3.05, 3.63) is 39.9 Å². The van der Waals surface area contributed by atoms with Crippen molar-refractivity contribution in [2.24, 2.45) is 0 Å². The number of carbonyl (C=O) groups excluding carboxylic acids is 2. The van der Waals surface area contributed by atoms with Crippen molar-refractivity contribution in [3.63, 3.8) is 0 Å². The number of hydrogen-bond acceptors (Lipinski definition) is 6. The minimum atomic E-state index is -0.809. The number of halogens is 1. The quantitative estimate of drug-likeness (QED) is 0.395. The second-order valence-corrected chi connectivity index (χ2v) is 6.68. The topological polar surface area (TPSA) is 111 Å². The van der Waals surface area contributed by atoms with E-state index < -0.39 is 16.9 Å². The van der Waals surface area contributed by atoms with E-state index in [1.54, 1.807) is 32.0 Å². The summed E-state index contributed by atoms with van der Waals surface area (Å²) in [6.07, 6.45) is 1.75. The molecule has 1 aliphatic heterocycles. The number of nitro benzene ring substituents is 1. The molecule has 27 heavy (non-hydrogen) atoms. The van der Waals surface area contributed by atoms with Gasteiger partial charge in [-0.2, -0.15) is 0 Å². The third-order valence-electron chi connectivity index (χ3n) is 4.18. The van der Waals surface area contributed by atoms with Gasteiger partial charge in [-0.05, 0) is 33.2 Å². The number of nitrogens with one attached hydrogen (secondary N) is 2. The molecule has 1 amide bonds. The van der Waals surface area contributed by atoms with Gasteiger partial charge in [-0.15, -0.1) is 12.4 Å². The first-order valence-corrected chi connectivity index (χ1v) is 8.82. The molecule has 0 aromatic heterocycles. The normalized spacial score (nSPS) is 17.1. The lowest BCUT2D eigenvalue weighted by Gasteiger charge is -2.20. The lowest BCUT2D eigenvalue weighted by atomic mass is 10.0. The van der Waals surface area contributed by atoms with Gasteiger partial charge >= 0.3 is 5.97 Å². The Labute approximate surface area is 164 Å². The van der Waals surface area contributed by atoms with Crippen LogP contribution < -0.4 is 10.6 Å². The second kappa shape index (κ2) is 10.8. The molecule has 2 rings (SSSR count). The van der Waals surface area contributed by atoms with Crippen LogP contribution in [0.3, 0.4) is 0 Å². The summed E-state index contributed by atoms with van der Waals surface area (Å²) in [7, 11) is 0. The van der Waals surface area contributed by atoms with Crippen molar-refractivity contribution in [1.29, 1.82) is 0 Å².